The highest BCUT2D eigenvalue weighted by molar-refractivity contribution is 7.79. The van der Waals surface area contributed by atoms with E-state index in [0.717, 1.165) is 0 Å². The van der Waals surface area contributed by atoms with Gasteiger partial charge in [0.1, 0.15) is 0 Å². The minimum absolute atomic E-state index is 0.200. The van der Waals surface area contributed by atoms with Gasteiger partial charge in [0.25, 0.3) is 0 Å². The monoisotopic (exact) mass is 430 g/mol. The van der Waals surface area contributed by atoms with E-state index in [-0.39, 0.29) is 6.16 Å². The summed E-state index contributed by atoms with van der Waals surface area (Å²) in [5.74, 6) is -0.463. The average molecular weight is 431 g/mol. The fraction of sp³-hybridized carbons (Fsp3) is 0.0476. The Kier molecular flexibility index (Phi) is 6.69. The fourth-order valence-electron chi connectivity index (χ4n) is 2.71. The number of carbonyl (C=O) groups excluding carboxylic acids is 1. The third kappa shape index (κ3) is 4.71. The van der Waals surface area contributed by atoms with Crippen LogP contribution in [0.5, 0.6) is 0 Å². The lowest BCUT2D eigenvalue weighted by Gasteiger charge is -2.18. The number of benzene rings is 3. The maximum absolute atomic E-state index is 13.8. The van der Waals surface area contributed by atoms with Gasteiger partial charge in [-0.1, -0.05) is 89.9 Å². The van der Waals surface area contributed by atoms with Crippen molar-refractivity contribution < 1.29 is 9.36 Å². The van der Waals surface area contributed by atoms with Crippen molar-refractivity contribution in [2.75, 3.05) is 6.16 Å². The van der Waals surface area contributed by atoms with Crippen LogP contribution in [0.4, 0.5) is 0 Å². The van der Waals surface area contributed by atoms with E-state index in [0.29, 0.717) is 26.2 Å². The molecule has 4 nitrogen and oxygen atoms in total. The molecule has 0 spiro atoms. The number of halogens is 2. The van der Waals surface area contributed by atoms with Crippen LogP contribution >= 0.6 is 30.3 Å². The largest absolute Gasteiger partial charge is 0.313 e. The van der Waals surface area contributed by atoms with Crippen LogP contribution in [0.3, 0.4) is 0 Å². The molecule has 0 atom stereocenters. The molecule has 0 aromatic heterocycles. The summed E-state index contributed by atoms with van der Waals surface area (Å²) < 4.78 is 13.8. The molecule has 0 saturated heterocycles. The molecule has 0 radical (unpaired) electrons. The van der Waals surface area contributed by atoms with Gasteiger partial charge in [-0.3, -0.25) is 4.79 Å². The summed E-state index contributed by atoms with van der Waals surface area (Å²) in [5.41, 5.74) is 2.92. The van der Waals surface area contributed by atoms with Crippen LogP contribution in [0.25, 0.3) is 0 Å². The summed E-state index contributed by atoms with van der Waals surface area (Å²) in [4.78, 5) is 12.5. The second-order valence-electron chi connectivity index (χ2n) is 6.00. The quantitative estimate of drug-likeness (QED) is 0.356. The summed E-state index contributed by atoms with van der Waals surface area (Å²) in [6.07, 6.45) is 1.17. The van der Waals surface area contributed by atoms with Crippen molar-refractivity contribution in [3.63, 3.8) is 0 Å². The Morgan fingerprint density at radius 3 is 1.86 bits per heavy atom. The van der Waals surface area contributed by atoms with Crippen LogP contribution in [0.15, 0.2) is 84.0 Å². The van der Waals surface area contributed by atoms with Crippen molar-refractivity contribution >= 4 is 53.1 Å². The number of hydrogen-bond acceptors (Lipinski definition) is 3. The van der Waals surface area contributed by atoms with Gasteiger partial charge in [0.05, 0.1) is 22.4 Å². The molecule has 7 heteroatoms. The number of nitrogens with zero attached hydrogens (tertiary/aromatic N) is 1. The first kappa shape index (κ1) is 20.3. The van der Waals surface area contributed by atoms with Crippen LogP contribution in [0.1, 0.15) is 5.56 Å². The molecular weight excluding hydrogens is 414 g/mol. The first-order valence-corrected chi connectivity index (χ1v) is 11.1. The Hall–Kier alpha value is -2.39. The van der Waals surface area contributed by atoms with Crippen molar-refractivity contribution in [1.82, 2.24) is 5.43 Å². The molecule has 28 heavy (non-hydrogen) atoms. The number of hydrogen-bond donors (Lipinski definition) is 1. The molecule has 1 amide bonds. The Balaban J connectivity index is 1.81. The molecule has 0 aliphatic carbocycles. The fourth-order valence-corrected chi connectivity index (χ4v) is 5.65. The highest BCUT2D eigenvalue weighted by atomic mass is 35.5. The van der Waals surface area contributed by atoms with Gasteiger partial charge in [0, 0.05) is 16.2 Å². The minimum Gasteiger partial charge on any atom is -0.313 e. The lowest BCUT2D eigenvalue weighted by atomic mass is 10.2. The maximum Gasteiger partial charge on any atom is 0.248 e. The molecule has 0 heterocycles. The Labute approximate surface area is 173 Å². The van der Waals surface area contributed by atoms with E-state index in [1.165, 1.54) is 6.21 Å². The minimum atomic E-state index is -3.15. The molecule has 3 rings (SSSR count). The van der Waals surface area contributed by atoms with Gasteiger partial charge in [-0.15, -0.1) is 0 Å². The molecule has 142 valence electrons. The van der Waals surface area contributed by atoms with Crippen molar-refractivity contribution in [3.8, 4) is 0 Å². The number of nitrogens with one attached hydrogen (secondary N) is 1. The molecule has 0 aliphatic rings. The van der Waals surface area contributed by atoms with E-state index in [9.17, 15) is 9.36 Å². The van der Waals surface area contributed by atoms with Crippen LogP contribution in [-0.4, -0.2) is 18.3 Å². The number of hydrazone groups is 1. The third-order valence-corrected chi connectivity index (χ3v) is 7.75. The predicted octanol–water partition coefficient (Wildman–Crippen LogP) is 4.46. The average Bonchev–Trinajstić information content (AvgIpc) is 2.71. The Morgan fingerprint density at radius 2 is 1.36 bits per heavy atom. The second kappa shape index (κ2) is 9.20. The third-order valence-electron chi connectivity index (χ3n) is 4.10. The van der Waals surface area contributed by atoms with E-state index < -0.39 is 13.0 Å². The zero-order valence-corrected chi connectivity index (χ0v) is 17.2. The zero-order chi connectivity index (χ0) is 20.0. The molecule has 0 saturated carbocycles. The zero-order valence-electron chi connectivity index (χ0n) is 14.8. The molecule has 0 bridgehead atoms. The van der Waals surface area contributed by atoms with Crippen molar-refractivity contribution in [3.05, 3.63) is 94.5 Å². The molecule has 1 N–H and O–H groups in total. The van der Waals surface area contributed by atoms with E-state index in [4.69, 9.17) is 23.2 Å². The maximum atomic E-state index is 13.8. The van der Waals surface area contributed by atoms with Crippen molar-refractivity contribution in [2.24, 2.45) is 5.10 Å². The number of rotatable bonds is 6. The van der Waals surface area contributed by atoms with E-state index in [2.05, 4.69) is 10.5 Å². The molecule has 3 aromatic carbocycles. The van der Waals surface area contributed by atoms with Crippen LogP contribution in [-0.2, 0) is 9.36 Å². The summed E-state index contributed by atoms with van der Waals surface area (Å²) in [6, 6.07) is 23.1. The van der Waals surface area contributed by atoms with Gasteiger partial charge in [-0.05, 0) is 12.1 Å². The molecular formula is C21H17Cl2N2O2P. The van der Waals surface area contributed by atoms with Crippen molar-refractivity contribution in [2.45, 2.75) is 0 Å². The normalized spacial score (nSPS) is 11.5. The SMILES string of the molecule is O=C(CP(=O)(c1ccccc1)c1ccccc1)N/N=C/c1c(Cl)cccc1Cl. The molecule has 0 fully saturated rings. The van der Waals surface area contributed by atoms with Crippen molar-refractivity contribution in [1.29, 1.82) is 0 Å². The predicted molar refractivity (Wildman–Crippen MR) is 117 cm³/mol. The Bertz CT molecular complexity index is 977. The Morgan fingerprint density at radius 1 is 0.857 bits per heavy atom. The van der Waals surface area contributed by atoms with Gasteiger partial charge >= 0.3 is 0 Å². The summed E-state index contributed by atoms with van der Waals surface area (Å²) in [5, 5.41) is 6.00. The number of carbonyl (C=O) groups is 1. The molecule has 3 aromatic rings. The summed E-state index contributed by atoms with van der Waals surface area (Å²) in [6.45, 7) is 0. The van der Waals surface area contributed by atoms with Gasteiger partial charge in [0.15, 0.2) is 7.14 Å². The van der Waals surface area contributed by atoms with E-state index >= 15 is 0 Å². The van der Waals surface area contributed by atoms with Gasteiger partial charge in [0.2, 0.25) is 5.91 Å². The lowest BCUT2D eigenvalue weighted by Crippen LogP contribution is -2.28. The van der Waals surface area contributed by atoms with E-state index in [1.54, 1.807) is 66.7 Å². The molecule has 0 unspecified atom stereocenters. The van der Waals surface area contributed by atoms with E-state index in [1.807, 2.05) is 12.1 Å². The standard InChI is InChI=1S/C21H17Cl2N2O2P/c22-19-12-7-13-20(23)18(19)14-24-25-21(26)15-28(27,16-8-3-1-4-9-16)17-10-5-2-6-11-17/h1-14H,15H2,(H,25,26)/b24-14+. The van der Waals surface area contributed by atoms with Gasteiger partial charge in [-0.25, -0.2) is 5.43 Å². The lowest BCUT2D eigenvalue weighted by molar-refractivity contribution is -0.118. The molecule has 0 aliphatic heterocycles. The summed E-state index contributed by atoms with van der Waals surface area (Å²) in [7, 11) is -3.15. The highest BCUT2D eigenvalue weighted by Crippen LogP contribution is 2.42. The van der Waals surface area contributed by atoms with Crippen LogP contribution in [0, 0.1) is 0 Å². The van der Waals surface area contributed by atoms with Gasteiger partial charge in [-0.2, -0.15) is 5.10 Å². The summed E-state index contributed by atoms with van der Waals surface area (Å²) >= 11 is 12.2. The smallest absolute Gasteiger partial charge is 0.248 e. The number of amides is 1. The topological polar surface area (TPSA) is 58.5 Å². The van der Waals surface area contributed by atoms with Crippen LogP contribution < -0.4 is 16.0 Å². The second-order valence-corrected chi connectivity index (χ2v) is 9.64. The highest BCUT2D eigenvalue weighted by Gasteiger charge is 2.30. The van der Waals surface area contributed by atoms with Crippen LogP contribution in [0.2, 0.25) is 10.0 Å². The first-order chi connectivity index (χ1) is 13.5. The first-order valence-electron chi connectivity index (χ1n) is 8.47. The van der Waals surface area contributed by atoms with Gasteiger partial charge < -0.3 is 4.57 Å².